The first kappa shape index (κ1) is 22.4. The molecule has 3 amide bonds. The van der Waals surface area contributed by atoms with Crippen molar-refractivity contribution in [1.29, 1.82) is 0 Å². The van der Waals surface area contributed by atoms with Crippen molar-refractivity contribution < 1.29 is 14.4 Å². The zero-order chi connectivity index (χ0) is 22.7. The summed E-state index contributed by atoms with van der Waals surface area (Å²) in [5.41, 5.74) is 2.91. The quantitative estimate of drug-likeness (QED) is 0.580. The van der Waals surface area contributed by atoms with Crippen molar-refractivity contribution in [3.63, 3.8) is 0 Å². The predicted molar refractivity (Wildman–Crippen MR) is 118 cm³/mol. The second-order valence-electron chi connectivity index (χ2n) is 7.29. The maximum Gasteiger partial charge on any atom is 0.269 e. The van der Waals surface area contributed by atoms with Gasteiger partial charge in [0.2, 0.25) is 11.8 Å². The second-order valence-corrected chi connectivity index (χ2v) is 7.67. The van der Waals surface area contributed by atoms with Crippen LogP contribution in [0.2, 0.25) is 5.15 Å². The molecule has 0 aliphatic carbocycles. The van der Waals surface area contributed by atoms with E-state index in [9.17, 15) is 14.4 Å². The number of piperazine rings is 1. The fourth-order valence-corrected chi connectivity index (χ4v) is 3.91. The van der Waals surface area contributed by atoms with Crippen molar-refractivity contribution in [3.8, 4) is 11.3 Å². The van der Waals surface area contributed by atoms with Crippen LogP contribution in [0.25, 0.3) is 11.3 Å². The van der Waals surface area contributed by atoms with E-state index in [1.165, 1.54) is 20.0 Å². The molecule has 1 aliphatic heterocycles. The van der Waals surface area contributed by atoms with Crippen molar-refractivity contribution in [3.05, 3.63) is 59.0 Å². The van der Waals surface area contributed by atoms with Crippen LogP contribution in [0.5, 0.6) is 0 Å². The average molecular weight is 442 g/mol. The number of nitrogens with zero attached hydrogens (tertiary/aromatic N) is 4. The highest BCUT2D eigenvalue weighted by Gasteiger charge is 2.32. The lowest BCUT2D eigenvalue weighted by Gasteiger charge is -2.41. The highest BCUT2D eigenvalue weighted by atomic mass is 35.5. The Kier molecular flexibility index (Phi) is 6.70. The van der Waals surface area contributed by atoms with Gasteiger partial charge in [-0.1, -0.05) is 18.2 Å². The van der Waals surface area contributed by atoms with Crippen LogP contribution in [0.15, 0.2) is 36.9 Å². The lowest BCUT2D eigenvalue weighted by molar-refractivity contribution is -0.139. The molecule has 3 rings (SSSR count). The number of pyridine rings is 2. The molecule has 2 aromatic heterocycles. The van der Waals surface area contributed by atoms with Gasteiger partial charge in [0.05, 0.1) is 11.7 Å². The lowest BCUT2D eigenvalue weighted by atomic mass is 10.00. The summed E-state index contributed by atoms with van der Waals surface area (Å²) in [4.78, 5) is 48.5. The molecular formula is C22H24ClN5O3. The van der Waals surface area contributed by atoms with Gasteiger partial charge in [-0.25, -0.2) is 9.97 Å². The van der Waals surface area contributed by atoms with Gasteiger partial charge < -0.3 is 15.1 Å². The summed E-state index contributed by atoms with van der Waals surface area (Å²) in [6.45, 7) is 8.01. The Labute approximate surface area is 185 Å². The number of carbonyl (C=O) groups excluding carboxylic acids is 3. The summed E-state index contributed by atoms with van der Waals surface area (Å²) in [5.74, 6) is -0.582. The number of hydrogen-bond acceptors (Lipinski definition) is 5. The van der Waals surface area contributed by atoms with Gasteiger partial charge in [-0.15, -0.1) is 0 Å². The fourth-order valence-electron chi connectivity index (χ4n) is 3.69. The van der Waals surface area contributed by atoms with Gasteiger partial charge in [-0.2, -0.15) is 0 Å². The normalized spacial score (nSPS) is 16.1. The Morgan fingerprint density at radius 1 is 1.19 bits per heavy atom. The molecule has 0 bridgehead atoms. The molecule has 9 heteroatoms. The van der Waals surface area contributed by atoms with Crippen LogP contribution in [-0.4, -0.2) is 64.2 Å². The van der Waals surface area contributed by atoms with E-state index in [2.05, 4.69) is 21.9 Å². The number of nitrogens with one attached hydrogen (secondary N) is 1. The van der Waals surface area contributed by atoms with E-state index in [0.717, 1.165) is 5.56 Å². The van der Waals surface area contributed by atoms with Crippen LogP contribution >= 0.6 is 11.6 Å². The maximum absolute atomic E-state index is 12.3. The molecule has 8 nitrogen and oxygen atoms in total. The summed E-state index contributed by atoms with van der Waals surface area (Å²) < 4.78 is 0. The van der Waals surface area contributed by atoms with Gasteiger partial charge in [0.15, 0.2) is 0 Å². The van der Waals surface area contributed by atoms with Crippen LogP contribution < -0.4 is 5.32 Å². The SMILES string of the molecule is C=CC(=O)N1CCN(C(C)=O)[C@H](c2cc(Cl)nc(-c3cc(C)nc(C(=O)NC)c3)c2)C1. The Morgan fingerprint density at radius 2 is 1.94 bits per heavy atom. The van der Waals surface area contributed by atoms with Gasteiger partial charge in [-0.05, 0) is 42.8 Å². The highest BCUT2D eigenvalue weighted by Crippen LogP contribution is 2.31. The van der Waals surface area contributed by atoms with Gasteiger partial charge in [0.25, 0.3) is 5.91 Å². The highest BCUT2D eigenvalue weighted by molar-refractivity contribution is 6.29. The van der Waals surface area contributed by atoms with E-state index >= 15 is 0 Å². The number of halogens is 1. The van der Waals surface area contributed by atoms with E-state index in [4.69, 9.17) is 11.6 Å². The largest absolute Gasteiger partial charge is 0.354 e. The first-order chi connectivity index (χ1) is 14.7. The van der Waals surface area contributed by atoms with Crippen molar-refractivity contribution in [2.75, 3.05) is 26.7 Å². The zero-order valence-corrected chi connectivity index (χ0v) is 18.4. The molecule has 1 fully saturated rings. The average Bonchev–Trinajstić information content (AvgIpc) is 2.76. The predicted octanol–water partition coefficient (Wildman–Crippen LogP) is 2.38. The fraction of sp³-hybridized carbons (Fsp3) is 0.318. The van der Waals surface area contributed by atoms with E-state index < -0.39 is 0 Å². The minimum Gasteiger partial charge on any atom is -0.354 e. The summed E-state index contributed by atoms with van der Waals surface area (Å²) in [6.07, 6.45) is 1.27. The van der Waals surface area contributed by atoms with Crippen molar-refractivity contribution in [2.45, 2.75) is 19.9 Å². The van der Waals surface area contributed by atoms with Gasteiger partial charge >= 0.3 is 0 Å². The number of hydrogen-bond donors (Lipinski definition) is 1. The molecule has 0 radical (unpaired) electrons. The zero-order valence-electron chi connectivity index (χ0n) is 17.7. The first-order valence-electron chi connectivity index (χ1n) is 9.80. The smallest absolute Gasteiger partial charge is 0.269 e. The van der Waals surface area contributed by atoms with Crippen LogP contribution in [0.4, 0.5) is 0 Å². The minimum absolute atomic E-state index is 0.0909. The number of amides is 3. The van der Waals surface area contributed by atoms with Gasteiger partial charge in [0.1, 0.15) is 10.8 Å². The summed E-state index contributed by atoms with van der Waals surface area (Å²) >= 11 is 6.34. The summed E-state index contributed by atoms with van der Waals surface area (Å²) in [5, 5.41) is 2.81. The van der Waals surface area contributed by atoms with Crippen molar-refractivity contribution in [2.24, 2.45) is 0 Å². The Bertz CT molecular complexity index is 1060. The molecule has 0 aromatic carbocycles. The molecule has 1 N–H and O–H groups in total. The van der Waals surface area contributed by atoms with Crippen LogP contribution in [0.1, 0.15) is 34.7 Å². The summed E-state index contributed by atoms with van der Waals surface area (Å²) in [7, 11) is 1.54. The Hall–Kier alpha value is -3.26. The number of rotatable bonds is 4. The van der Waals surface area contributed by atoms with E-state index in [-0.39, 0.29) is 34.6 Å². The van der Waals surface area contributed by atoms with E-state index in [1.807, 2.05) is 12.1 Å². The van der Waals surface area contributed by atoms with Crippen molar-refractivity contribution >= 4 is 29.3 Å². The van der Waals surface area contributed by atoms with E-state index in [0.29, 0.717) is 36.6 Å². The summed E-state index contributed by atoms with van der Waals surface area (Å²) in [6, 6.07) is 6.60. The Morgan fingerprint density at radius 3 is 2.58 bits per heavy atom. The second kappa shape index (κ2) is 9.26. The Balaban J connectivity index is 2.06. The van der Waals surface area contributed by atoms with Crippen LogP contribution in [0.3, 0.4) is 0 Å². The molecule has 3 heterocycles. The molecule has 2 aromatic rings. The van der Waals surface area contributed by atoms with E-state index in [1.54, 1.807) is 28.9 Å². The molecule has 1 saturated heterocycles. The molecule has 162 valence electrons. The lowest BCUT2D eigenvalue weighted by Crippen LogP contribution is -2.51. The van der Waals surface area contributed by atoms with Gasteiger partial charge in [0, 0.05) is 44.9 Å². The van der Waals surface area contributed by atoms with Crippen LogP contribution in [-0.2, 0) is 9.59 Å². The van der Waals surface area contributed by atoms with Crippen LogP contribution in [0, 0.1) is 6.92 Å². The third kappa shape index (κ3) is 4.91. The van der Waals surface area contributed by atoms with Crippen molar-refractivity contribution in [1.82, 2.24) is 25.1 Å². The standard InChI is InChI=1S/C22H24ClN5O3/c1-5-21(30)27-6-7-28(14(3)29)19(12-27)16-10-17(26-20(23)11-16)15-8-13(2)25-18(9-15)22(31)24-4/h5,8-11,19H,1,6-7,12H2,2-4H3,(H,24,31)/t19-/m0/s1. The molecule has 0 saturated carbocycles. The minimum atomic E-state index is -0.379. The first-order valence-corrected chi connectivity index (χ1v) is 10.2. The number of aromatic nitrogens is 2. The van der Waals surface area contributed by atoms with Gasteiger partial charge in [-0.3, -0.25) is 14.4 Å². The number of aryl methyl sites for hydroxylation is 1. The third-order valence-corrected chi connectivity index (χ3v) is 5.37. The number of carbonyl (C=O) groups is 3. The third-order valence-electron chi connectivity index (χ3n) is 5.18. The topological polar surface area (TPSA) is 95.5 Å². The molecule has 1 aliphatic rings. The molecule has 31 heavy (non-hydrogen) atoms. The molecule has 1 atom stereocenters. The monoisotopic (exact) mass is 441 g/mol. The maximum atomic E-state index is 12.3. The molecule has 0 unspecified atom stereocenters. The molecule has 0 spiro atoms. The molecular weight excluding hydrogens is 418 g/mol.